The summed E-state index contributed by atoms with van der Waals surface area (Å²) in [5.74, 6) is 0. The van der Waals surface area contributed by atoms with Gasteiger partial charge in [-0.05, 0) is 28.3 Å². The molecule has 0 amide bonds. The van der Waals surface area contributed by atoms with Crippen molar-refractivity contribution in [2.45, 2.75) is 13.0 Å². The molecule has 0 saturated carbocycles. The lowest BCUT2D eigenvalue weighted by Crippen LogP contribution is -1.90. The van der Waals surface area contributed by atoms with E-state index in [1.165, 1.54) is 18.3 Å². The monoisotopic (exact) mass is 337 g/mol. The minimum Gasteiger partial charge on any atom is -0.391 e. The standard InChI is InChI=1S/C21H17F2NO/c22-21(23)19-11-9-16(10-12-19)14-24-25-15-17-5-4-8-20(13-17)18-6-2-1-3-7-18/h1-14,21H,15H2. The molecule has 2 nitrogen and oxygen atoms in total. The van der Waals surface area contributed by atoms with Gasteiger partial charge in [-0.2, -0.15) is 0 Å². The summed E-state index contributed by atoms with van der Waals surface area (Å²) in [7, 11) is 0. The number of rotatable bonds is 6. The van der Waals surface area contributed by atoms with E-state index in [-0.39, 0.29) is 5.56 Å². The Morgan fingerprint density at radius 1 is 0.840 bits per heavy atom. The highest BCUT2D eigenvalue weighted by Gasteiger charge is 2.05. The molecule has 126 valence electrons. The van der Waals surface area contributed by atoms with Crippen LogP contribution in [0, 0.1) is 0 Å². The highest BCUT2D eigenvalue weighted by molar-refractivity contribution is 5.79. The maximum absolute atomic E-state index is 12.5. The lowest BCUT2D eigenvalue weighted by Gasteiger charge is -2.05. The molecular formula is C21H17F2NO. The van der Waals surface area contributed by atoms with E-state index < -0.39 is 6.43 Å². The number of oxime groups is 1. The molecule has 3 aromatic carbocycles. The molecule has 0 atom stereocenters. The fraction of sp³-hybridized carbons (Fsp3) is 0.0952. The van der Waals surface area contributed by atoms with Gasteiger partial charge in [0.25, 0.3) is 6.43 Å². The summed E-state index contributed by atoms with van der Waals surface area (Å²) in [5, 5.41) is 3.90. The fourth-order valence-electron chi connectivity index (χ4n) is 2.41. The molecule has 0 radical (unpaired) electrons. The molecule has 0 saturated heterocycles. The van der Waals surface area contributed by atoms with E-state index in [9.17, 15) is 8.78 Å². The molecule has 0 unspecified atom stereocenters. The van der Waals surface area contributed by atoms with E-state index in [4.69, 9.17) is 4.84 Å². The van der Waals surface area contributed by atoms with Gasteiger partial charge in [0.2, 0.25) is 0 Å². The Balaban J connectivity index is 1.58. The van der Waals surface area contributed by atoms with Crippen molar-refractivity contribution < 1.29 is 13.6 Å². The summed E-state index contributed by atoms with van der Waals surface area (Å²) in [4.78, 5) is 5.31. The first-order valence-electron chi connectivity index (χ1n) is 7.90. The van der Waals surface area contributed by atoms with E-state index in [2.05, 4.69) is 23.4 Å². The predicted molar refractivity (Wildman–Crippen MR) is 95.7 cm³/mol. The topological polar surface area (TPSA) is 21.6 Å². The largest absolute Gasteiger partial charge is 0.391 e. The fourth-order valence-corrected chi connectivity index (χ4v) is 2.41. The van der Waals surface area contributed by atoms with Crippen molar-refractivity contribution in [3.8, 4) is 11.1 Å². The molecule has 0 aliphatic rings. The first-order chi connectivity index (χ1) is 12.2. The van der Waals surface area contributed by atoms with Crippen LogP contribution in [0.25, 0.3) is 11.1 Å². The van der Waals surface area contributed by atoms with Crippen LogP contribution in [-0.2, 0) is 11.4 Å². The Morgan fingerprint density at radius 2 is 1.56 bits per heavy atom. The van der Waals surface area contributed by atoms with Gasteiger partial charge in [0.1, 0.15) is 6.61 Å². The molecule has 0 aliphatic heterocycles. The number of hydrogen-bond acceptors (Lipinski definition) is 2. The zero-order valence-corrected chi connectivity index (χ0v) is 13.5. The molecule has 0 heterocycles. The van der Waals surface area contributed by atoms with Crippen molar-refractivity contribution in [1.29, 1.82) is 0 Å². The van der Waals surface area contributed by atoms with Crippen LogP contribution in [0.15, 0.2) is 84.0 Å². The molecule has 25 heavy (non-hydrogen) atoms. The Kier molecular flexibility index (Phi) is 5.52. The number of halogens is 2. The molecule has 4 heteroatoms. The molecule has 0 aliphatic carbocycles. The Labute approximate surface area is 145 Å². The third-order valence-electron chi connectivity index (χ3n) is 3.73. The maximum atomic E-state index is 12.5. The zero-order valence-electron chi connectivity index (χ0n) is 13.5. The van der Waals surface area contributed by atoms with Crippen LogP contribution < -0.4 is 0 Å². The molecule has 0 spiro atoms. The first kappa shape index (κ1) is 16.8. The van der Waals surface area contributed by atoms with Crippen molar-refractivity contribution in [3.05, 3.63) is 95.6 Å². The third-order valence-corrected chi connectivity index (χ3v) is 3.73. The van der Waals surface area contributed by atoms with Crippen LogP contribution in [0.5, 0.6) is 0 Å². The lowest BCUT2D eigenvalue weighted by atomic mass is 10.0. The number of benzene rings is 3. The molecular weight excluding hydrogens is 320 g/mol. The smallest absolute Gasteiger partial charge is 0.263 e. The van der Waals surface area contributed by atoms with Gasteiger partial charge in [-0.3, -0.25) is 0 Å². The molecule has 0 N–H and O–H groups in total. The summed E-state index contributed by atoms with van der Waals surface area (Å²) in [6, 6.07) is 24.1. The van der Waals surface area contributed by atoms with Gasteiger partial charge in [0.15, 0.2) is 0 Å². The Hall–Kier alpha value is -3.01. The predicted octanol–water partition coefficient (Wildman–Crippen LogP) is 5.84. The minimum atomic E-state index is -2.46. The first-order valence-corrected chi connectivity index (χ1v) is 7.90. The van der Waals surface area contributed by atoms with Crippen LogP contribution in [0.3, 0.4) is 0 Å². The highest BCUT2D eigenvalue weighted by atomic mass is 19.3. The van der Waals surface area contributed by atoms with E-state index in [0.717, 1.165) is 16.7 Å². The van der Waals surface area contributed by atoms with Gasteiger partial charge in [-0.15, -0.1) is 0 Å². The highest BCUT2D eigenvalue weighted by Crippen LogP contribution is 2.20. The molecule has 0 bridgehead atoms. The van der Waals surface area contributed by atoms with Crippen LogP contribution in [-0.4, -0.2) is 6.21 Å². The molecule has 0 fully saturated rings. The number of nitrogens with zero attached hydrogens (tertiary/aromatic N) is 1. The van der Waals surface area contributed by atoms with Crippen LogP contribution in [0.4, 0.5) is 8.78 Å². The zero-order chi connectivity index (χ0) is 17.5. The van der Waals surface area contributed by atoms with E-state index in [1.807, 2.05) is 36.4 Å². The van der Waals surface area contributed by atoms with Crippen LogP contribution >= 0.6 is 0 Å². The average Bonchev–Trinajstić information content (AvgIpc) is 2.66. The summed E-state index contributed by atoms with van der Waals surface area (Å²) < 4.78 is 25.0. The minimum absolute atomic E-state index is 0.00389. The van der Waals surface area contributed by atoms with Gasteiger partial charge in [-0.1, -0.05) is 78.0 Å². The Bertz CT molecular complexity index is 830. The van der Waals surface area contributed by atoms with Crippen LogP contribution in [0.2, 0.25) is 0 Å². The summed E-state index contributed by atoms with van der Waals surface area (Å²) in [6.07, 6.45) is -0.949. The second-order valence-electron chi connectivity index (χ2n) is 5.54. The summed E-state index contributed by atoms with van der Waals surface area (Å²) in [6.45, 7) is 0.340. The van der Waals surface area contributed by atoms with Crippen LogP contribution in [0.1, 0.15) is 23.1 Å². The average molecular weight is 337 g/mol. The second kappa shape index (κ2) is 8.20. The van der Waals surface area contributed by atoms with Gasteiger partial charge < -0.3 is 4.84 Å². The maximum Gasteiger partial charge on any atom is 0.263 e. The number of alkyl halides is 2. The number of hydrogen-bond donors (Lipinski definition) is 0. The van der Waals surface area contributed by atoms with Crippen molar-refractivity contribution in [3.63, 3.8) is 0 Å². The van der Waals surface area contributed by atoms with Gasteiger partial charge in [-0.25, -0.2) is 8.78 Å². The van der Waals surface area contributed by atoms with E-state index in [0.29, 0.717) is 12.2 Å². The molecule has 0 aromatic heterocycles. The SMILES string of the molecule is FC(F)c1ccc(C=NOCc2cccc(-c3ccccc3)c2)cc1. The second-order valence-corrected chi connectivity index (χ2v) is 5.54. The summed E-state index contributed by atoms with van der Waals surface area (Å²) in [5.41, 5.74) is 3.98. The molecule has 3 rings (SSSR count). The van der Waals surface area contributed by atoms with Crippen molar-refractivity contribution in [2.75, 3.05) is 0 Å². The molecule has 3 aromatic rings. The Morgan fingerprint density at radius 3 is 2.28 bits per heavy atom. The summed E-state index contributed by atoms with van der Waals surface area (Å²) >= 11 is 0. The van der Waals surface area contributed by atoms with E-state index in [1.54, 1.807) is 12.1 Å². The van der Waals surface area contributed by atoms with Crippen molar-refractivity contribution >= 4 is 6.21 Å². The van der Waals surface area contributed by atoms with Crippen molar-refractivity contribution in [2.24, 2.45) is 5.16 Å². The third kappa shape index (κ3) is 4.73. The van der Waals surface area contributed by atoms with Crippen molar-refractivity contribution in [1.82, 2.24) is 0 Å². The normalized spacial score (nSPS) is 11.2. The van der Waals surface area contributed by atoms with Gasteiger partial charge in [0.05, 0.1) is 6.21 Å². The van der Waals surface area contributed by atoms with E-state index >= 15 is 0 Å². The van der Waals surface area contributed by atoms with Gasteiger partial charge >= 0.3 is 0 Å². The lowest BCUT2D eigenvalue weighted by molar-refractivity contribution is 0.132. The quantitative estimate of drug-likeness (QED) is 0.409. The van der Waals surface area contributed by atoms with Gasteiger partial charge in [0, 0.05) is 5.56 Å².